The van der Waals surface area contributed by atoms with Crippen molar-refractivity contribution in [2.75, 3.05) is 12.8 Å². The van der Waals surface area contributed by atoms with Gasteiger partial charge in [-0.2, -0.15) is 5.26 Å². The molecule has 0 aliphatic rings. The summed E-state index contributed by atoms with van der Waals surface area (Å²) >= 11 is 1.40. The van der Waals surface area contributed by atoms with Crippen LogP contribution in [-0.2, 0) is 16.4 Å². The number of hydrogen-bond donors (Lipinski definition) is 2. The van der Waals surface area contributed by atoms with Crippen molar-refractivity contribution < 1.29 is 13.2 Å². The first kappa shape index (κ1) is 21.8. The van der Waals surface area contributed by atoms with E-state index in [4.69, 9.17) is 10.5 Å². The first-order chi connectivity index (χ1) is 15.4. The van der Waals surface area contributed by atoms with E-state index < -0.39 is 16.1 Å². The molecule has 0 fully saturated rings. The number of fused-ring (bicyclic) bond motifs is 1. The molecule has 4 rings (SSSR count). The minimum absolute atomic E-state index is 0.0797. The zero-order valence-electron chi connectivity index (χ0n) is 17.1. The molecular weight excluding hydrogens is 444 g/mol. The fraction of sp³-hybridized carbons (Fsp3) is 0.130. The first-order valence-electron chi connectivity index (χ1n) is 9.69. The maximum Gasteiger partial charge on any atom is 0.241 e. The molecule has 0 amide bonds. The normalized spacial score (nSPS) is 12.4. The van der Waals surface area contributed by atoms with Crippen LogP contribution in [0.5, 0.6) is 5.75 Å². The van der Waals surface area contributed by atoms with Gasteiger partial charge in [0, 0.05) is 5.69 Å². The number of nitrogen functional groups attached to an aromatic ring is 1. The van der Waals surface area contributed by atoms with E-state index in [1.165, 1.54) is 23.5 Å². The van der Waals surface area contributed by atoms with E-state index in [1.807, 2.05) is 24.3 Å². The highest BCUT2D eigenvalue weighted by molar-refractivity contribution is 7.89. The summed E-state index contributed by atoms with van der Waals surface area (Å²) in [7, 11) is -2.28. The number of hydrogen-bond acceptors (Lipinski definition) is 7. The zero-order chi connectivity index (χ0) is 22.7. The molecular formula is C23H20N4O3S2. The van der Waals surface area contributed by atoms with Crippen LogP contribution >= 0.6 is 11.3 Å². The highest BCUT2D eigenvalue weighted by Crippen LogP contribution is 2.32. The van der Waals surface area contributed by atoms with Gasteiger partial charge in [-0.1, -0.05) is 18.2 Å². The lowest BCUT2D eigenvalue weighted by molar-refractivity contribution is 0.415. The Morgan fingerprint density at radius 3 is 2.72 bits per heavy atom. The highest BCUT2D eigenvalue weighted by Gasteiger charge is 2.25. The van der Waals surface area contributed by atoms with Gasteiger partial charge in [-0.3, -0.25) is 0 Å². The second-order valence-electron chi connectivity index (χ2n) is 7.15. The molecule has 0 aliphatic heterocycles. The number of benzene rings is 3. The maximum atomic E-state index is 13.1. The van der Waals surface area contributed by atoms with Gasteiger partial charge in [0.05, 0.1) is 39.9 Å². The van der Waals surface area contributed by atoms with Gasteiger partial charge >= 0.3 is 0 Å². The standard InChI is InChI=1S/C23H20N4O3S2/c1-30-18-8-9-20-22(13-18)31-23(26-20)21(11-15-4-2-5-16(10-15)14-24)27-32(28,29)19-7-3-6-17(25)12-19/h2-10,12-13,21,27H,11,25H2,1H3. The summed E-state index contributed by atoms with van der Waals surface area (Å²) in [6.07, 6.45) is 0.327. The summed E-state index contributed by atoms with van der Waals surface area (Å²) in [6, 6.07) is 20.2. The van der Waals surface area contributed by atoms with Crippen LogP contribution in [0.25, 0.3) is 10.2 Å². The minimum atomic E-state index is -3.87. The number of thiazole rings is 1. The zero-order valence-corrected chi connectivity index (χ0v) is 18.8. The predicted octanol–water partition coefficient (Wildman–Crippen LogP) is 4.02. The molecule has 0 bridgehead atoms. The number of nitrogens with zero attached hydrogens (tertiary/aromatic N) is 2. The SMILES string of the molecule is COc1ccc2nc(C(Cc3cccc(C#N)c3)NS(=O)(=O)c3cccc(N)c3)sc2c1. The monoisotopic (exact) mass is 464 g/mol. The number of ether oxygens (including phenoxy) is 1. The average Bonchev–Trinajstić information content (AvgIpc) is 3.22. The number of methoxy groups -OCH3 is 1. The van der Waals surface area contributed by atoms with Crippen molar-refractivity contribution in [3.63, 3.8) is 0 Å². The van der Waals surface area contributed by atoms with Crippen molar-refractivity contribution in [3.8, 4) is 11.8 Å². The third-order valence-electron chi connectivity index (χ3n) is 4.87. The van der Waals surface area contributed by atoms with Gasteiger partial charge in [-0.05, 0) is 60.5 Å². The second-order valence-corrected chi connectivity index (χ2v) is 9.92. The number of nitrogens with one attached hydrogen (secondary N) is 1. The highest BCUT2D eigenvalue weighted by atomic mass is 32.2. The van der Waals surface area contributed by atoms with Gasteiger partial charge in [0.1, 0.15) is 10.8 Å². The molecule has 1 atom stereocenters. The van der Waals surface area contributed by atoms with E-state index in [9.17, 15) is 13.7 Å². The summed E-state index contributed by atoms with van der Waals surface area (Å²) < 4.78 is 35.2. The summed E-state index contributed by atoms with van der Waals surface area (Å²) in [5, 5.41) is 9.84. The Labute approximate surface area is 190 Å². The lowest BCUT2D eigenvalue weighted by Crippen LogP contribution is -2.30. The van der Waals surface area contributed by atoms with Crippen molar-refractivity contribution in [3.05, 3.63) is 82.9 Å². The van der Waals surface area contributed by atoms with Gasteiger partial charge in [0.15, 0.2) is 0 Å². The Morgan fingerprint density at radius 2 is 1.97 bits per heavy atom. The molecule has 0 aliphatic carbocycles. The molecule has 3 aromatic carbocycles. The maximum absolute atomic E-state index is 13.1. The molecule has 3 N–H and O–H groups in total. The van der Waals surface area contributed by atoms with Gasteiger partial charge in [-0.25, -0.2) is 18.1 Å². The summed E-state index contributed by atoms with van der Waals surface area (Å²) in [4.78, 5) is 4.75. The Balaban J connectivity index is 1.75. The molecule has 32 heavy (non-hydrogen) atoms. The predicted molar refractivity (Wildman–Crippen MR) is 125 cm³/mol. The Kier molecular flexibility index (Phi) is 6.10. The molecule has 1 unspecified atom stereocenters. The van der Waals surface area contributed by atoms with Gasteiger partial charge in [-0.15, -0.1) is 11.3 Å². The number of sulfonamides is 1. The van der Waals surface area contributed by atoms with Gasteiger partial charge in [0.2, 0.25) is 10.0 Å². The van der Waals surface area contributed by atoms with E-state index in [0.717, 1.165) is 15.8 Å². The summed E-state index contributed by atoms with van der Waals surface area (Å²) in [6.45, 7) is 0. The molecule has 0 radical (unpaired) electrons. The molecule has 4 aromatic rings. The van der Waals surface area contributed by atoms with Crippen LogP contribution in [0.2, 0.25) is 0 Å². The van der Waals surface area contributed by atoms with Crippen LogP contribution in [0.1, 0.15) is 22.2 Å². The van der Waals surface area contributed by atoms with E-state index in [1.54, 1.807) is 37.4 Å². The molecule has 1 aromatic heterocycles. The number of nitriles is 1. The number of anilines is 1. The van der Waals surface area contributed by atoms with Crippen LogP contribution in [0, 0.1) is 11.3 Å². The van der Waals surface area contributed by atoms with Crippen molar-refractivity contribution in [2.45, 2.75) is 17.4 Å². The van der Waals surface area contributed by atoms with Crippen molar-refractivity contribution in [1.29, 1.82) is 5.26 Å². The molecule has 0 spiro atoms. The largest absolute Gasteiger partial charge is 0.497 e. The van der Waals surface area contributed by atoms with Crippen LogP contribution in [0.3, 0.4) is 0 Å². The smallest absolute Gasteiger partial charge is 0.241 e. The Morgan fingerprint density at radius 1 is 1.16 bits per heavy atom. The van der Waals surface area contributed by atoms with Crippen LogP contribution < -0.4 is 15.2 Å². The lowest BCUT2D eigenvalue weighted by atomic mass is 10.0. The Bertz CT molecular complexity index is 1420. The second kappa shape index (κ2) is 8.96. The number of rotatable bonds is 7. The third kappa shape index (κ3) is 4.73. The third-order valence-corrected chi connectivity index (χ3v) is 7.47. The van der Waals surface area contributed by atoms with Crippen LogP contribution in [-0.4, -0.2) is 20.5 Å². The van der Waals surface area contributed by atoms with E-state index >= 15 is 0 Å². The molecule has 1 heterocycles. The summed E-state index contributed by atoms with van der Waals surface area (Å²) in [5.41, 5.74) is 8.23. The first-order valence-corrected chi connectivity index (χ1v) is 12.0. The van der Waals surface area contributed by atoms with Gasteiger partial charge in [0.25, 0.3) is 0 Å². The van der Waals surface area contributed by atoms with Crippen LogP contribution in [0.15, 0.2) is 71.6 Å². The summed E-state index contributed by atoms with van der Waals surface area (Å²) in [5.74, 6) is 0.700. The molecule has 0 saturated heterocycles. The lowest BCUT2D eigenvalue weighted by Gasteiger charge is -2.17. The van der Waals surface area contributed by atoms with E-state index in [0.29, 0.717) is 28.4 Å². The van der Waals surface area contributed by atoms with E-state index in [2.05, 4.69) is 15.8 Å². The average molecular weight is 465 g/mol. The number of aromatic nitrogens is 1. The van der Waals surface area contributed by atoms with Crippen molar-refractivity contribution in [2.24, 2.45) is 0 Å². The Hall–Kier alpha value is -3.45. The molecule has 162 valence electrons. The molecule has 0 saturated carbocycles. The van der Waals surface area contributed by atoms with Crippen LogP contribution in [0.4, 0.5) is 5.69 Å². The molecule has 9 heteroatoms. The topological polar surface area (TPSA) is 118 Å². The number of nitrogens with two attached hydrogens (primary N) is 1. The van der Waals surface area contributed by atoms with Crippen molar-refractivity contribution >= 4 is 37.3 Å². The van der Waals surface area contributed by atoms with Gasteiger partial charge < -0.3 is 10.5 Å². The quantitative estimate of drug-likeness (QED) is 0.399. The van der Waals surface area contributed by atoms with E-state index in [-0.39, 0.29) is 4.90 Å². The fourth-order valence-electron chi connectivity index (χ4n) is 3.32. The fourth-order valence-corrected chi connectivity index (χ4v) is 5.70. The minimum Gasteiger partial charge on any atom is -0.497 e. The van der Waals surface area contributed by atoms with Crippen molar-refractivity contribution in [1.82, 2.24) is 9.71 Å². The molecule has 7 nitrogen and oxygen atoms in total.